The van der Waals surface area contributed by atoms with E-state index < -0.39 is 0 Å². The average molecular weight is 187 g/mol. The van der Waals surface area contributed by atoms with Crippen molar-refractivity contribution in [3.63, 3.8) is 0 Å². The average Bonchev–Trinajstić information content (AvgIpc) is 2.39. The molecule has 0 aliphatic heterocycles. The molecule has 2 nitrogen and oxygen atoms in total. The third-order valence-corrected chi connectivity index (χ3v) is 3.13. The number of hydrogen-bond acceptors (Lipinski definition) is 3. The molecular formula is C7H9NOS2. The Morgan fingerprint density at radius 3 is 2.82 bits per heavy atom. The molecule has 1 aromatic heterocycles. The smallest absolute Gasteiger partial charge is 0.286 e. The highest BCUT2D eigenvalue weighted by Gasteiger charge is 2.05. The zero-order chi connectivity index (χ0) is 8.27. The molecule has 0 fully saturated rings. The van der Waals surface area contributed by atoms with E-state index in [1.807, 2.05) is 17.5 Å². The van der Waals surface area contributed by atoms with Crippen molar-refractivity contribution in [2.24, 2.45) is 0 Å². The monoisotopic (exact) mass is 187 g/mol. The molecule has 0 N–H and O–H groups in total. The zero-order valence-electron chi connectivity index (χ0n) is 6.40. The van der Waals surface area contributed by atoms with E-state index in [9.17, 15) is 4.79 Å². The van der Waals surface area contributed by atoms with Gasteiger partial charge in [0.1, 0.15) is 0 Å². The van der Waals surface area contributed by atoms with E-state index in [-0.39, 0.29) is 5.24 Å². The number of hydrogen-bond donors (Lipinski definition) is 0. The molecule has 0 saturated carbocycles. The number of thioether (sulfide) groups is 1. The molecule has 0 aliphatic carbocycles. The molecule has 0 aliphatic rings. The fraction of sp³-hybridized carbons (Fsp3) is 0.286. The predicted octanol–water partition coefficient (Wildman–Crippen LogP) is 2.52. The van der Waals surface area contributed by atoms with Gasteiger partial charge < -0.3 is 4.90 Å². The molecule has 4 heteroatoms. The van der Waals surface area contributed by atoms with Gasteiger partial charge in [-0.05, 0) is 23.2 Å². The summed E-state index contributed by atoms with van der Waals surface area (Å²) in [6.07, 6.45) is 0. The van der Waals surface area contributed by atoms with Gasteiger partial charge in [0.25, 0.3) is 5.24 Å². The van der Waals surface area contributed by atoms with Crippen molar-refractivity contribution in [2.75, 3.05) is 14.1 Å². The number of amides is 1. The summed E-state index contributed by atoms with van der Waals surface area (Å²) in [4.78, 5) is 12.7. The van der Waals surface area contributed by atoms with Gasteiger partial charge in [-0.15, -0.1) is 11.3 Å². The summed E-state index contributed by atoms with van der Waals surface area (Å²) < 4.78 is 1.05. The lowest BCUT2D eigenvalue weighted by Gasteiger charge is -2.06. The van der Waals surface area contributed by atoms with Crippen molar-refractivity contribution >= 4 is 28.3 Å². The molecule has 0 saturated heterocycles. The van der Waals surface area contributed by atoms with Crippen molar-refractivity contribution in [3.05, 3.63) is 17.5 Å². The van der Waals surface area contributed by atoms with Gasteiger partial charge in [-0.1, -0.05) is 6.07 Å². The van der Waals surface area contributed by atoms with Gasteiger partial charge >= 0.3 is 0 Å². The second kappa shape index (κ2) is 3.78. The van der Waals surface area contributed by atoms with E-state index in [1.165, 1.54) is 11.8 Å². The van der Waals surface area contributed by atoms with Gasteiger partial charge in [0.2, 0.25) is 0 Å². The molecule has 1 aromatic rings. The van der Waals surface area contributed by atoms with Crippen LogP contribution in [0.5, 0.6) is 0 Å². The summed E-state index contributed by atoms with van der Waals surface area (Å²) in [5.41, 5.74) is 0. The van der Waals surface area contributed by atoms with Crippen LogP contribution in [0, 0.1) is 0 Å². The summed E-state index contributed by atoms with van der Waals surface area (Å²) >= 11 is 2.85. The highest BCUT2D eigenvalue weighted by atomic mass is 32.2. The van der Waals surface area contributed by atoms with Crippen LogP contribution in [0.3, 0.4) is 0 Å². The summed E-state index contributed by atoms with van der Waals surface area (Å²) in [6.45, 7) is 0. The number of nitrogens with zero attached hydrogens (tertiary/aromatic N) is 1. The van der Waals surface area contributed by atoms with Crippen LogP contribution < -0.4 is 0 Å². The second-order valence-electron chi connectivity index (χ2n) is 2.19. The van der Waals surface area contributed by atoms with Crippen molar-refractivity contribution in [1.82, 2.24) is 4.90 Å². The number of carbonyl (C=O) groups is 1. The van der Waals surface area contributed by atoms with Crippen LogP contribution in [-0.4, -0.2) is 24.2 Å². The van der Waals surface area contributed by atoms with Gasteiger partial charge in [-0.2, -0.15) is 0 Å². The Bertz CT molecular complexity index is 231. The van der Waals surface area contributed by atoms with E-state index in [1.54, 1.807) is 30.3 Å². The van der Waals surface area contributed by atoms with E-state index in [2.05, 4.69) is 0 Å². The summed E-state index contributed by atoms with van der Waals surface area (Å²) in [5, 5.41) is 2.04. The Hall–Kier alpha value is -0.480. The topological polar surface area (TPSA) is 20.3 Å². The zero-order valence-corrected chi connectivity index (χ0v) is 8.04. The van der Waals surface area contributed by atoms with Crippen molar-refractivity contribution < 1.29 is 4.79 Å². The molecule has 0 aromatic carbocycles. The fourth-order valence-electron chi connectivity index (χ4n) is 0.499. The molecule has 0 unspecified atom stereocenters. The standard InChI is InChI=1S/C7H9NOS2/c1-8(2)7(9)11-6-4-3-5-10-6/h3-5H,1-2H3. The first-order valence-corrected chi connectivity index (χ1v) is 4.82. The maximum absolute atomic E-state index is 11.1. The summed E-state index contributed by atoms with van der Waals surface area (Å²) in [5.74, 6) is 0. The third kappa shape index (κ3) is 2.55. The van der Waals surface area contributed by atoms with Gasteiger partial charge in [0, 0.05) is 14.1 Å². The Labute approximate surface area is 74.2 Å². The molecule has 60 valence electrons. The van der Waals surface area contributed by atoms with E-state index in [0.717, 1.165) is 4.21 Å². The lowest BCUT2D eigenvalue weighted by molar-refractivity contribution is 0.241. The van der Waals surface area contributed by atoms with Crippen molar-refractivity contribution in [1.29, 1.82) is 0 Å². The number of rotatable bonds is 1. The van der Waals surface area contributed by atoms with Gasteiger partial charge in [-0.3, -0.25) is 4.79 Å². The molecule has 1 heterocycles. The normalized spacial score (nSPS) is 9.64. The molecule has 0 bridgehead atoms. The lowest BCUT2D eigenvalue weighted by atomic mass is 10.7. The predicted molar refractivity (Wildman–Crippen MR) is 49.3 cm³/mol. The molecule has 1 amide bonds. The Kier molecular flexibility index (Phi) is 2.96. The molecule has 0 atom stereocenters. The minimum Gasteiger partial charge on any atom is -0.339 e. The minimum absolute atomic E-state index is 0.0763. The van der Waals surface area contributed by atoms with Gasteiger partial charge in [0.05, 0.1) is 4.21 Å². The minimum atomic E-state index is 0.0763. The van der Waals surface area contributed by atoms with Crippen LogP contribution in [0.2, 0.25) is 0 Å². The molecule has 0 radical (unpaired) electrons. The molecule has 0 spiro atoms. The summed E-state index contributed by atoms with van der Waals surface area (Å²) in [7, 11) is 3.51. The van der Waals surface area contributed by atoms with Crippen LogP contribution in [0.1, 0.15) is 0 Å². The SMILES string of the molecule is CN(C)C(=O)Sc1cccs1. The highest BCUT2D eigenvalue weighted by molar-refractivity contribution is 8.14. The second-order valence-corrected chi connectivity index (χ2v) is 4.39. The molecule has 11 heavy (non-hydrogen) atoms. The Morgan fingerprint density at radius 2 is 2.36 bits per heavy atom. The van der Waals surface area contributed by atoms with Gasteiger partial charge in [-0.25, -0.2) is 0 Å². The Balaban J connectivity index is 2.50. The van der Waals surface area contributed by atoms with Crippen LogP contribution >= 0.6 is 23.1 Å². The first kappa shape index (κ1) is 8.62. The van der Waals surface area contributed by atoms with Crippen LogP contribution in [0.25, 0.3) is 0 Å². The first-order chi connectivity index (χ1) is 5.20. The first-order valence-electron chi connectivity index (χ1n) is 3.13. The number of thiophene rings is 1. The van der Waals surface area contributed by atoms with Crippen LogP contribution in [0.4, 0.5) is 4.79 Å². The largest absolute Gasteiger partial charge is 0.339 e. The quantitative estimate of drug-likeness (QED) is 0.630. The van der Waals surface area contributed by atoms with E-state index in [4.69, 9.17) is 0 Å². The van der Waals surface area contributed by atoms with Crippen molar-refractivity contribution in [2.45, 2.75) is 4.21 Å². The summed E-state index contributed by atoms with van der Waals surface area (Å²) in [6, 6.07) is 3.88. The Morgan fingerprint density at radius 1 is 1.64 bits per heavy atom. The fourth-order valence-corrected chi connectivity index (χ4v) is 2.02. The van der Waals surface area contributed by atoms with E-state index in [0.29, 0.717) is 0 Å². The van der Waals surface area contributed by atoms with Crippen LogP contribution in [0.15, 0.2) is 21.7 Å². The van der Waals surface area contributed by atoms with Gasteiger partial charge in [0.15, 0.2) is 0 Å². The van der Waals surface area contributed by atoms with E-state index >= 15 is 0 Å². The lowest BCUT2D eigenvalue weighted by Crippen LogP contribution is -2.15. The maximum atomic E-state index is 11.1. The highest BCUT2D eigenvalue weighted by Crippen LogP contribution is 2.24. The van der Waals surface area contributed by atoms with Crippen LogP contribution in [-0.2, 0) is 0 Å². The number of carbonyl (C=O) groups excluding carboxylic acids is 1. The third-order valence-electron chi connectivity index (χ3n) is 1.05. The maximum Gasteiger partial charge on any atom is 0.286 e. The molecule has 1 rings (SSSR count). The van der Waals surface area contributed by atoms with Crippen molar-refractivity contribution in [3.8, 4) is 0 Å². The molecular weight excluding hydrogens is 178 g/mol.